The highest BCUT2D eigenvalue weighted by Gasteiger charge is 2.35. The van der Waals surface area contributed by atoms with Crippen LogP contribution in [0.2, 0.25) is 0 Å². The van der Waals surface area contributed by atoms with Crippen LogP contribution >= 0.6 is 0 Å². The predicted molar refractivity (Wildman–Crippen MR) is 179 cm³/mol. The first-order valence-corrected chi connectivity index (χ1v) is 15.0. The van der Waals surface area contributed by atoms with Gasteiger partial charge in [0.1, 0.15) is 16.7 Å². The van der Waals surface area contributed by atoms with Crippen molar-refractivity contribution in [3.63, 3.8) is 0 Å². The van der Waals surface area contributed by atoms with Crippen LogP contribution in [0.1, 0.15) is 25.0 Å². The number of fused-ring (bicyclic) bond motifs is 7. The van der Waals surface area contributed by atoms with Crippen LogP contribution in [0.4, 0.5) is 17.1 Å². The first-order chi connectivity index (χ1) is 21.5. The second-order valence-electron chi connectivity index (χ2n) is 12.1. The van der Waals surface area contributed by atoms with Gasteiger partial charge in [-0.05, 0) is 82.9 Å². The molecule has 0 spiro atoms. The maximum atomic E-state index is 6.34. The molecular weight excluding hydrogens is 540 g/mol. The second-order valence-corrected chi connectivity index (χ2v) is 12.1. The van der Waals surface area contributed by atoms with Crippen molar-refractivity contribution >= 4 is 50.1 Å². The van der Waals surface area contributed by atoms with Gasteiger partial charge in [-0.15, -0.1) is 0 Å². The monoisotopic (exact) mass is 568 g/mol. The number of furan rings is 1. The first kappa shape index (κ1) is 24.9. The highest BCUT2D eigenvalue weighted by molar-refractivity contribution is 6.10. The van der Waals surface area contributed by atoms with Crippen LogP contribution in [0.3, 0.4) is 0 Å². The molecule has 44 heavy (non-hydrogen) atoms. The Balaban J connectivity index is 1.21. The summed E-state index contributed by atoms with van der Waals surface area (Å²) < 4.78 is 12.5. The molecule has 2 heterocycles. The van der Waals surface area contributed by atoms with Gasteiger partial charge >= 0.3 is 0 Å². The molecule has 0 amide bonds. The number of nitrogens with zero attached hydrogens (tertiary/aromatic N) is 2. The van der Waals surface area contributed by atoms with Gasteiger partial charge in [0.15, 0.2) is 5.58 Å². The van der Waals surface area contributed by atoms with Crippen molar-refractivity contribution in [1.29, 1.82) is 0 Å². The zero-order chi connectivity index (χ0) is 29.4. The number of para-hydroxylation sites is 1. The Bertz CT molecular complexity index is 2360. The fraction of sp³-hybridized carbons (Fsp3) is 0.0750. The summed E-state index contributed by atoms with van der Waals surface area (Å²) in [6, 6.07) is 46.7. The van der Waals surface area contributed by atoms with Gasteiger partial charge in [0.25, 0.3) is 0 Å². The Morgan fingerprint density at radius 1 is 0.523 bits per heavy atom. The van der Waals surface area contributed by atoms with E-state index in [-0.39, 0.29) is 5.41 Å². The van der Waals surface area contributed by atoms with Gasteiger partial charge in [-0.2, -0.15) is 0 Å². The molecule has 0 N–H and O–H groups in total. The lowest BCUT2D eigenvalue weighted by Crippen LogP contribution is -2.15. The topological polar surface area (TPSA) is 42.4 Å². The number of oxazole rings is 1. The van der Waals surface area contributed by atoms with E-state index in [4.69, 9.17) is 13.8 Å². The predicted octanol–water partition coefficient (Wildman–Crippen LogP) is 11.2. The second kappa shape index (κ2) is 9.19. The van der Waals surface area contributed by atoms with Gasteiger partial charge in [-0.25, -0.2) is 4.98 Å². The average Bonchev–Trinajstić information content (AvgIpc) is 3.71. The summed E-state index contributed by atoms with van der Waals surface area (Å²) in [4.78, 5) is 7.14. The first-order valence-electron chi connectivity index (χ1n) is 15.0. The molecule has 1 aliphatic carbocycles. The SMILES string of the molecule is CC1(C)c2ccccc2-c2cc(N(c3ccccc3)c3ccc4oc5cc6oc(-c7ccccc7)nc6cc5c4c3)ccc21. The van der Waals surface area contributed by atoms with Gasteiger partial charge in [0, 0.05) is 44.9 Å². The molecule has 210 valence electrons. The molecule has 0 fully saturated rings. The summed E-state index contributed by atoms with van der Waals surface area (Å²) in [6.45, 7) is 4.64. The lowest BCUT2D eigenvalue weighted by molar-refractivity contribution is 0.617. The van der Waals surface area contributed by atoms with Crippen molar-refractivity contribution in [2.24, 2.45) is 0 Å². The molecule has 0 atom stereocenters. The van der Waals surface area contributed by atoms with Crippen molar-refractivity contribution in [3.8, 4) is 22.6 Å². The molecule has 0 saturated carbocycles. The Labute approximate surface area is 254 Å². The van der Waals surface area contributed by atoms with E-state index in [1.165, 1.54) is 22.3 Å². The third-order valence-electron chi connectivity index (χ3n) is 9.08. The molecule has 0 aliphatic heterocycles. The number of hydrogen-bond acceptors (Lipinski definition) is 4. The highest BCUT2D eigenvalue weighted by Crippen LogP contribution is 2.50. The standard InChI is InChI=1S/C40H28N2O2/c1-40(2)33-16-10-9-15-29(33)30-21-27(17-19-34(30)40)42(26-13-7-4-8-14-26)28-18-20-36-31(22-28)32-23-35-38(24-37(32)43-36)44-39(41-35)25-11-5-3-6-12-25/h3-24H,1-2H3. The largest absolute Gasteiger partial charge is 0.456 e. The van der Waals surface area contributed by atoms with Crippen molar-refractivity contribution in [1.82, 2.24) is 4.98 Å². The van der Waals surface area contributed by atoms with E-state index in [0.717, 1.165) is 50.1 Å². The van der Waals surface area contributed by atoms with Crippen molar-refractivity contribution in [2.75, 3.05) is 4.90 Å². The Morgan fingerprint density at radius 3 is 2.05 bits per heavy atom. The smallest absolute Gasteiger partial charge is 0.227 e. The fourth-order valence-corrected chi connectivity index (χ4v) is 6.90. The van der Waals surface area contributed by atoms with Crippen LogP contribution in [0, 0.1) is 0 Å². The van der Waals surface area contributed by atoms with E-state index >= 15 is 0 Å². The van der Waals surface area contributed by atoms with Gasteiger partial charge in [0.2, 0.25) is 5.89 Å². The molecule has 4 heteroatoms. The number of benzene rings is 6. The summed E-state index contributed by atoms with van der Waals surface area (Å²) in [5.41, 5.74) is 12.6. The van der Waals surface area contributed by atoms with Crippen molar-refractivity contribution < 1.29 is 8.83 Å². The zero-order valence-corrected chi connectivity index (χ0v) is 24.4. The summed E-state index contributed by atoms with van der Waals surface area (Å²) in [5.74, 6) is 0.606. The van der Waals surface area contributed by atoms with Crippen LogP contribution in [-0.2, 0) is 5.41 Å². The van der Waals surface area contributed by atoms with E-state index in [1.807, 2.05) is 36.4 Å². The van der Waals surface area contributed by atoms with Crippen LogP contribution in [0.15, 0.2) is 142 Å². The summed E-state index contributed by atoms with van der Waals surface area (Å²) in [6.07, 6.45) is 0. The molecule has 0 saturated heterocycles. The molecule has 0 unspecified atom stereocenters. The summed E-state index contributed by atoms with van der Waals surface area (Å²) in [5, 5.41) is 2.05. The average molecular weight is 569 g/mol. The lowest BCUT2D eigenvalue weighted by Gasteiger charge is -2.27. The Kier molecular flexibility index (Phi) is 5.21. The minimum absolute atomic E-state index is 0.0382. The zero-order valence-electron chi connectivity index (χ0n) is 24.4. The number of rotatable bonds is 4. The molecule has 4 nitrogen and oxygen atoms in total. The fourth-order valence-electron chi connectivity index (χ4n) is 6.90. The number of anilines is 3. The minimum Gasteiger partial charge on any atom is -0.456 e. The van der Waals surface area contributed by atoms with E-state index in [0.29, 0.717) is 11.5 Å². The number of aromatic nitrogens is 1. The normalized spacial score (nSPS) is 13.4. The van der Waals surface area contributed by atoms with Gasteiger partial charge in [0.05, 0.1) is 0 Å². The third kappa shape index (κ3) is 3.67. The molecule has 1 aliphatic rings. The highest BCUT2D eigenvalue weighted by atomic mass is 16.4. The van der Waals surface area contributed by atoms with Crippen LogP contribution in [-0.4, -0.2) is 4.98 Å². The molecule has 0 bridgehead atoms. The molecular formula is C40H28N2O2. The number of hydrogen-bond donors (Lipinski definition) is 0. The molecule has 2 aromatic heterocycles. The third-order valence-corrected chi connectivity index (χ3v) is 9.08. The molecule has 6 aromatic carbocycles. The van der Waals surface area contributed by atoms with Crippen LogP contribution < -0.4 is 4.90 Å². The quantitative estimate of drug-likeness (QED) is 0.212. The van der Waals surface area contributed by atoms with E-state index in [1.54, 1.807) is 0 Å². The maximum absolute atomic E-state index is 6.34. The molecule has 0 radical (unpaired) electrons. The van der Waals surface area contributed by atoms with Crippen LogP contribution in [0.5, 0.6) is 0 Å². The molecule has 8 aromatic rings. The van der Waals surface area contributed by atoms with Gasteiger partial charge in [-0.3, -0.25) is 0 Å². The Morgan fingerprint density at radius 2 is 1.20 bits per heavy atom. The summed E-state index contributed by atoms with van der Waals surface area (Å²) in [7, 11) is 0. The summed E-state index contributed by atoms with van der Waals surface area (Å²) >= 11 is 0. The lowest BCUT2D eigenvalue weighted by atomic mass is 9.82. The van der Waals surface area contributed by atoms with E-state index in [9.17, 15) is 0 Å². The van der Waals surface area contributed by atoms with Gasteiger partial charge < -0.3 is 13.7 Å². The van der Waals surface area contributed by atoms with Gasteiger partial charge in [-0.1, -0.05) is 80.6 Å². The van der Waals surface area contributed by atoms with E-state index in [2.05, 4.69) is 116 Å². The molecule has 9 rings (SSSR count). The van der Waals surface area contributed by atoms with Crippen molar-refractivity contribution in [3.05, 3.63) is 145 Å². The van der Waals surface area contributed by atoms with Crippen molar-refractivity contribution in [2.45, 2.75) is 19.3 Å². The Hall–Kier alpha value is -5.61. The van der Waals surface area contributed by atoms with E-state index < -0.39 is 0 Å². The minimum atomic E-state index is -0.0382. The maximum Gasteiger partial charge on any atom is 0.227 e. The van der Waals surface area contributed by atoms with Crippen LogP contribution in [0.25, 0.3) is 55.6 Å².